The number of ether oxygens (including phenoxy) is 1. The van der Waals surface area contributed by atoms with Crippen LogP contribution in [0, 0.1) is 0 Å². The van der Waals surface area contributed by atoms with E-state index in [4.69, 9.17) is 5.11 Å². The van der Waals surface area contributed by atoms with E-state index < -0.39 is 18.8 Å². The summed E-state index contributed by atoms with van der Waals surface area (Å²) >= 11 is 0. The van der Waals surface area contributed by atoms with Crippen molar-refractivity contribution in [3.05, 3.63) is 23.8 Å². The highest BCUT2D eigenvalue weighted by Gasteiger charge is 2.27. The Morgan fingerprint density at radius 3 is 2.76 bits per heavy atom. The summed E-state index contributed by atoms with van der Waals surface area (Å²) in [5.41, 5.74) is -0.203. The molecule has 0 spiro atoms. The molecule has 0 unspecified atom stereocenters. The number of halogens is 3. The van der Waals surface area contributed by atoms with Gasteiger partial charge in [0.2, 0.25) is 0 Å². The zero-order chi connectivity index (χ0) is 12.9. The average Bonchev–Trinajstić information content (AvgIpc) is 2.23. The smallest absolute Gasteiger partial charge is 0.411 e. The fraction of sp³-hybridized carbons (Fsp3) is 0.444. The van der Waals surface area contributed by atoms with Gasteiger partial charge in [-0.2, -0.15) is 13.2 Å². The van der Waals surface area contributed by atoms with E-state index in [9.17, 15) is 18.0 Å². The van der Waals surface area contributed by atoms with Crippen molar-refractivity contribution in [1.82, 2.24) is 9.97 Å². The standard InChI is InChI=1S/C9H9F3N2O3/c10-9(11,12)5-17-4-2-7-13-3-1-6(14-7)8(15)16/h1,3H,2,4-5H2,(H,15,16). The second kappa shape index (κ2) is 5.58. The summed E-state index contributed by atoms with van der Waals surface area (Å²) < 4.78 is 39.5. The van der Waals surface area contributed by atoms with Crippen LogP contribution in [-0.4, -0.2) is 40.4 Å². The lowest BCUT2D eigenvalue weighted by molar-refractivity contribution is -0.173. The number of nitrogens with zero attached hydrogens (tertiary/aromatic N) is 2. The van der Waals surface area contributed by atoms with Crippen LogP contribution in [0.1, 0.15) is 16.3 Å². The average molecular weight is 250 g/mol. The van der Waals surface area contributed by atoms with Crippen molar-refractivity contribution in [1.29, 1.82) is 0 Å². The van der Waals surface area contributed by atoms with Gasteiger partial charge in [0.05, 0.1) is 6.61 Å². The van der Waals surface area contributed by atoms with E-state index in [1.54, 1.807) is 0 Å². The predicted octanol–water partition coefficient (Wildman–Crippen LogP) is 1.30. The lowest BCUT2D eigenvalue weighted by Gasteiger charge is -2.06. The maximum Gasteiger partial charge on any atom is 0.411 e. The van der Waals surface area contributed by atoms with E-state index in [0.717, 1.165) is 0 Å². The first-order valence-corrected chi connectivity index (χ1v) is 4.58. The molecule has 0 saturated heterocycles. The Morgan fingerprint density at radius 2 is 2.18 bits per heavy atom. The maximum absolute atomic E-state index is 11.7. The molecule has 0 aliphatic rings. The number of carboxylic acid groups (broad SMARTS) is 1. The Hall–Kier alpha value is -1.70. The lowest BCUT2D eigenvalue weighted by Crippen LogP contribution is -2.18. The highest BCUT2D eigenvalue weighted by molar-refractivity contribution is 5.85. The third-order valence-electron chi connectivity index (χ3n) is 1.66. The van der Waals surface area contributed by atoms with Crippen molar-refractivity contribution in [3.8, 4) is 0 Å². The molecule has 17 heavy (non-hydrogen) atoms. The minimum absolute atomic E-state index is 0.0250. The molecular weight excluding hydrogens is 241 g/mol. The third-order valence-corrected chi connectivity index (χ3v) is 1.66. The molecule has 1 aromatic heterocycles. The van der Waals surface area contributed by atoms with Gasteiger partial charge in [0.1, 0.15) is 12.4 Å². The molecule has 1 aromatic rings. The number of carboxylic acids is 1. The van der Waals surface area contributed by atoms with Gasteiger partial charge in [0, 0.05) is 12.6 Å². The van der Waals surface area contributed by atoms with E-state index in [-0.39, 0.29) is 24.5 Å². The Balaban J connectivity index is 2.42. The van der Waals surface area contributed by atoms with Gasteiger partial charge < -0.3 is 9.84 Å². The molecule has 0 fully saturated rings. The van der Waals surface area contributed by atoms with Crippen LogP contribution in [-0.2, 0) is 11.2 Å². The number of alkyl halides is 3. The molecule has 0 aromatic carbocycles. The zero-order valence-electron chi connectivity index (χ0n) is 8.57. The highest BCUT2D eigenvalue weighted by atomic mass is 19.4. The van der Waals surface area contributed by atoms with Crippen LogP contribution in [0.5, 0.6) is 0 Å². The van der Waals surface area contributed by atoms with Crippen molar-refractivity contribution in [3.63, 3.8) is 0 Å². The van der Waals surface area contributed by atoms with Gasteiger partial charge in [-0.3, -0.25) is 0 Å². The Morgan fingerprint density at radius 1 is 1.47 bits per heavy atom. The molecule has 0 aliphatic carbocycles. The van der Waals surface area contributed by atoms with E-state index in [2.05, 4.69) is 14.7 Å². The van der Waals surface area contributed by atoms with Crippen LogP contribution in [0.15, 0.2) is 12.3 Å². The van der Waals surface area contributed by atoms with Gasteiger partial charge in [-0.1, -0.05) is 0 Å². The zero-order valence-corrected chi connectivity index (χ0v) is 8.57. The van der Waals surface area contributed by atoms with E-state index in [1.165, 1.54) is 12.3 Å². The normalized spacial score (nSPS) is 11.5. The first-order valence-electron chi connectivity index (χ1n) is 4.58. The number of hydrogen-bond donors (Lipinski definition) is 1. The van der Waals surface area contributed by atoms with Crippen LogP contribution in [0.3, 0.4) is 0 Å². The summed E-state index contributed by atoms with van der Waals surface area (Å²) in [6, 6.07) is 1.20. The number of aromatic carboxylic acids is 1. The van der Waals surface area contributed by atoms with Crippen LogP contribution >= 0.6 is 0 Å². The molecule has 94 valence electrons. The van der Waals surface area contributed by atoms with Crippen molar-refractivity contribution in [2.45, 2.75) is 12.6 Å². The topological polar surface area (TPSA) is 72.3 Å². The number of hydrogen-bond acceptors (Lipinski definition) is 4. The van der Waals surface area contributed by atoms with Crippen LogP contribution in [0.4, 0.5) is 13.2 Å². The van der Waals surface area contributed by atoms with E-state index in [1.807, 2.05) is 0 Å². The number of rotatable bonds is 5. The van der Waals surface area contributed by atoms with Gasteiger partial charge >= 0.3 is 12.1 Å². The molecule has 1 rings (SSSR count). The quantitative estimate of drug-likeness (QED) is 0.797. The molecule has 0 saturated carbocycles. The Labute approximate surface area is 94.3 Å². The van der Waals surface area contributed by atoms with Gasteiger partial charge in [0.15, 0.2) is 5.69 Å². The third kappa shape index (κ3) is 5.25. The summed E-state index contributed by atoms with van der Waals surface area (Å²) in [6.07, 6.45) is -3.11. The van der Waals surface area contributed by atoms with Gasteiger partial charge in [-0.15, -0.1) is 0 Å². The van der Waals surface area contributed by atoms with Crippen molar-refractivity contribution in [2.75, 3.05) is 13.2 Å². The molecule has 8 heteroatoms. The fourth-order valence-electron chi connectivity index (χ4n) is 0.990. The van der Waals surface area contributed by atoms with Crippen molar-refractivity contribution < 1.29 is 27.8 Å². The molecule has 5 nitrogen and oxygen atoms in total. The summed E-state index contributed by atoms with van der Waals surface area (Å²) in [5.74, 6) is -1.09. The summed E-state index contributed by atoms with van der Waals surface area (Å²) in [6.45, 7) is -1.56. The maximum atomic E-state index is 11.7. The first kappa shape index (κ1) is 13.4. The van der Waals surface area contributed by atoms with Gasteiger partial charge in [-0.25, -0.2) is 14.8 Å². The Kier molecular flexibility index (Phi) is 4.38. The fourth-order valence-corrected chi connectivity index (χ4v) is 0.990. The molecule has 1 heterocycles. The number of aromatic nitrogens is 2. The van der Waals surface area contributed by atoms with Crippen molar-refractivity contribution >= 4 is 5.97 Å². The van der Waals surface area contributed by atoms with Crippen LogP contribution in [0.2, 0.25) is 0 Å². The first-order chi connectivity index (χ1) is 7.88. The Bertz CT molecular complexity index is 395. The summed E-state index contributed by atoms with van der Waals surface area (Å²) in [4.78, 5) is 17.9. The highest BCUT2D eigenvalue weighted by Crippen LogP contribution is 2.14. The van der Waals surface area contributed by atoms with E-state index >= 15 is 0 Å². The summed E-state index contributed by atoms with van der Waals surface area (Å²) in [7, 11) is 0. The van der Waals surface area contributed by atoms with E-state index in [0.29, 0.717) is 0 Å². The molecule has 0 radical (unpaired) electrons. The molecule has 0 aliphatic heterocycles. The second-order valence-corrected chi connectivity index (χ2v) is 3.08. The van der Waals surface area contributed by atoms with Crippen LogP contribution < -0.4 is 0 Å². The van der Waals surface area contributed by atoms with Crippen molar-refractivity contribution in [2.24, 2.45) is 0 Å². The van der Waals surface area contributed by atoms with Crippen LogP contribution in [0.25, 0.3) is 0 Å². The minimum atomic E-state index is -4.37. The lowest BCUT2D eigenvalue weighted by atomic mass is 10.3. The minimum Gasteiger partial charge on any atom is -0.477 e. The molecule has 0 atom stereocenters. The molecule has 0 bridgehead atoms. The number of carbonyl (C=O) groups is 1. The van der Waals surface area contributed by atoms with Gasteiger partial charge in [-0.05, 0) is 6.07 Å². The second-order valence-electron chi connectivity index (χ2n) is 3.08. The monoisotopic (exact) mass is 250 g/mol. The predicted molar refractivity (Wildman–Crippen MR) is 49.6 cm³/mol. The summed E-state index contributed by atoms with van der Waals surface area (Å²) in [5, 5.41) is 8.62. The van der Waals surface area contributed by atoms with Gasteiger partial charge in [0.25, 0.3) is 0 Å². The SMILES string of the molecule is O=C(O)c1ccnc(CCOCC(F)(F)F)n1. The molecule has 0 amide bonds. The largest absolute Gasteiger partial charge is 0.477 e. The molecule has 1 N–H and O–H groups in total. The molecular formula is C9H9F3N2O3.